The molecular weight excluding hydrogens is 236 g/mol. The van der Waals surface area contributed by atoms with Gasteiger partial charge in [0.25, 0.3) is 0 Å². The molecule has 3 nitrogen and oxygen atoms in total. The molecule has 1 saturated carbocycles. The summed E-state index contributed by atoms with van der Waals surface area (Å²) in [6.45, 7) is 2.15. The minimum atomic E-state index is 0.433. The zero-order valence-electron chi connectivity index (χ0n) is 12.1. The van der Waals surface area contributed by atoms with Crippen LogP contribution in [0.1, 0.15) is 64.2 Å². The van der Waals surface area contributed by atoms with Crippen molar-refractivity contribution >= 4 is 5.91 Å². The van der Waals surface area contributed by atoms with E-state index in [0.29, 0.717) is 18.0 Å². The first kappa shape index (κ1) is 13.4. The number of hydrogen-bond donors (Lipinski definition) is 1. The van der Waals surface area contributed by atoms with Crippen LogP contribution < -0.4 is 5.32 Å². The Balaban J connectivity index is 1.49. The fourth-order valence-corrected chi connectivity index (χ4v) is 4.33. The van der Waals surface area contributed by atoms with Crippen molar-refractivity contribution in [2.75, 3.05) is 13.1 Å². The molecule has 2 atom stereocenters. The molecule has 3 aliphatic rings. The Hall–Kier alpha value is -0.570. The van der Waals surface area contributed by atoms with Gasteiger partial charge in [0.15, 0.2) is 0 Å². The molecule has 19 heavy (non-hydrogen) atoms. The highest BCUT2D eigenvalue weighted by Gasteiger charge is 2.35. The third-order valence-corrected chi connectivity index (χ3v) is 5.42. The molecule has 1 aliphatic carbocycles. The number of hydrogen-bond acceptors (Lipinski definition) is 2. The Morgan fingerprint density at radius 2 is 1.89 bits per heavy atom. The van der Waals surface area contributed by atoms with Crippen molar-refractivity contribution in [3.05, 3.63) is 0 Å². The maximum Gasteiger partial charge on any atom is 0.222 e. The van der Waals surface area contributed by atoms with Crippen molar-refractivity contribution in [3.63, 3.8) is 0 Å². The second kappa shape index (κ2) is 6.25. The highest BCUT2D eigenvalue weighted by molar-refractivity contribution is 5.77. The second-order valence-corrected chi connectivity index (χ2v) is 6.69. The van der Waals surface area contributed by atoms with Gasteiger partial charge >= 0.3 is 0 Å². The Bertz CT molecular complexity index is 306. The Morgan fingerprint density at radius 3 is 2.63 bits per heavy atom. The van der Waals surface area contributed by atoms with E-state index in [-0.39, 0.29) is 0 Å². The van der Waals surface area contributed by atoms with Crippen LogP contribution in [-0.2, 0) is 4.79 Å². The Morgan fingerprint density at radius 1 is 1.05 bits per heavy atom. The molecule has 108 valence electrons. The molecule has 0 radical (unpaired) electrons. The van der Waals surface area contributed by atoms with Crippen LogP contribution in [0.4, 0.5) is 0 Å². The minimum Gasteiger partial charge on any atom is -0.338 e. The number of nitrogens with one attached hydrogen (secondary N) is 1. The number of nitrogens with zero attached hydrogens (tertiary/aromatic N) is 1. The van der Waals surface area contributed by atoms with Crippen LogP contribution in [-0.4, -0.2) is 36.0 Å². The summed E-state index contributed by atoms with van der Waals surface area (Å²) >= 11 is 0. The normalized spacial score (nSPS) is 32.3. The summed E-state index contributed by atoms with van der Waals surface area (Å²) in [5.74, 6) is 1.28. The number of likely N-dealkylation sites (tertiary alicyclic amines) is 1. The van der Waals surface area contributed by atoms with Crippen LogP contribution in [0.5, 0.6) is 0 Å². The fraction of sp³-hybridized carbons (Fsp3) is 0.938. The van der Waals surface area contributed by atoms with Gasteiger partial charge in [0.1, 0.15) is 0 Å². The van der Waals surface area contributed by atoms with Gasteiger partial charge in [0.2, 0.25) is 5.91 Å². The number of carbonyl (C=O) groups is 1. The van der Waals surface area contributed by atoms with Gasteiger partial charge in [-0.25, -0.2) is 0 Å². The number of carbonyl (C=O) groups excluding carboxylic acids is 1. The number of rotatable bonds is 4. The van der Waals surface area contributed by atoms with Gasteiger partial charge < -0.3 is 10.2 Å². The van der Waals surface area contributed by atoms with E-state index >= 15 is 0 Å². The molecule has 0 aromatic rings. The zero-order chi connectivity index (χ0) is 13.1. The summed E-state index contributed by atoms with van der Waals surface area (Å²) in [6, 6.07) is 1.08. The molecule has 3 heteroatoms. The summed E-state index contributed by atoms with van der Waals surface area (Å²) in [7, 11) is 0. The second-order valence-electron chi connectivity index (χ2n) is 6.69. The van der Waals surface area contributed by atoms with Gasteiger partial charge in [0.05, 0.1) is 0 Å². The molecule has 2 unspecified atom stereocenters. The molecule has 2 saturated heterocycles. The van der Waals surface area contributed by atoms with Crippen molar-refractivity contribution < 1.29 is 4.79 Å². The average molecular weight is 264 g/mol. The molecule has 2 heterocycles. The van der Waals surface area contributed by atoms with E-state index in [1.54, 1.807) is 0 Å². The highest BCUT2D eigenvalue weighted by Crippen LogP contribution is 2.30. The van der Waals surface area contributed by atoms with Crippen molar-refractivity contribution in [1.82, 2.24) is 10.2 Å². The van der Waals surface area contributed by atoms with Crippen LogP contribution in [0.3, 0.4) is 0 Å². The summed E-state index contributed by atoms with van der Waals surface area (Å²) in [5, 5.41) is 3.59. The van der Waals surface area contributed by atoms with Gasteiger partial charge in [-0.2, -0.15) is 0 Å². The van der Waals surface area contributed by atoms with Crippen molar-refractivity contribution in [2.24, 2.45) is 5.92 Å². The van der Waals surface area contributed by atoms with E-state index in [2.05, 4.69) is 10.2 Å². The van der Waals surface area contributed by atoms with E-state index in [9.17, 15) is 4.79 Å². The van der Waals surface area contributed by atoms with Crippen molar-refractivity contribution in [1.29, 1.82) is 0 Å². The SMILES string of the molecule is O=C(CCC1CCCC1)N1CCCC1C1CCCN1. The third-order valence-electron chi connectivity index (χ3n) is 5.42. The maximum absolute atomic E-state index is 12.5. The lowest BCUT2D eigenvalue weighted by atomic mass is 10.0. The van der Waals surface area contributed by atoms with Gasteiger partial charge in [-0.15, -0.1) is 0 Å². The highest BCUT2D eigenvalue weighted by atomic mass is 16.2. The van der Waals surface area contributed by atoms with Crippen LogP contribution in [0.25, 0.3) is 0 Å². The average Bonchev–Trinajstić information content (AvgIpc) is 3.14. The smallest absolute Gasteiger partial charge is 0.222 e. The topological polar surface area (TPSA) is 32.3 Å². The molecule has 1 amide bonds. The van der Waals surface area contributed by atoms with Crippen molar-refractivity contribution in [2.45, 2.75) is 76.3 Å². The third kappa shape index (κ3) is 3.13. The predicted molar refractivity (Wildman–Crippen MR) is 77.0 cm³/mol. The first-order chi connectivity index (χ1) is 9.34. The minimum absolute atomic E-state index is 0.433. The summed E-state index contributed by atoms with van der Waals surface area (Å²) in [5.41, 5.74) is 0. The first-order valence-corrected chi connectivity index (χ1v) is 8.37. The molecule has 0 spiro atoms. The molecule has 3 fully saturated rings. The van der Waals surface area contributed by atoms with E-state index in [1.807, 2.05) is 0 Å². The molecule has 0 aromatic heterocycles. The molecule has 0 aromatic carbocycles. The van der Waals surface area contributed by atoms with Gasteiger partial charge in [-0.3, -0.25) is 4.79 Å². The van der Waals surface area contributed by atoms with Crippen molar-refractivity contribution in [3.8, 4) is 0 Å². The van der Waals surface area contributed by atoms with E-state index in [1.165, 1.54) is 51.4 Å². The lowest BCUT2D eigenvalue weighted by Crippen LogP contribution is -2.46. The Labute approximate surface area is 117 Å². The van der Waals surface area contributed by atoms with Gasteiger partial charge in [-0.1, -0.05) is 25.7 Å². The van der Waals surface area contributed by atoms with Crippen LogP contribution >= 0.6 is 0 Å². The maximum atomic E-state index is 12.5. The van der Waals surface area contributed by atoms with Gasteiger partial charge in [-0.05, 0) is 44.6 Å². The molecule has 0 bridgehead atoms. The molecule has 1 N–H and O–H groups in total. The number of amides is 1. The summed E-state index contributed by atoms with van der Waals surface area (Å²) in [6.07, 6.45) is 12.4. The van der Waals surface area contributed by atoms with Crippen LogP contribution in [0.2, 0.25) is 0 Å². The van der Waals surface area contributed by atoms with Crippen LogP contribution in [0, 0.1) is 5.92 Å². The Kier molecular flexibility index (Phi) is 4.42. The van der Waals surface area contributed by atoms with Gasteiger partial charge in [0, 0.05) is 25.0 Å². The first-order valence-electron chi connectivity index (χ1n) is 8.37. The fourth-order valence-electron chi connectivity index (χ4n) is 4.33. The molecular formula is C16H28N2O. The van der Waals surface area contributed by atoms with E-state index < -0.39 is 0 Å². The monoisotopic (exact) mass is 264 g/mol. The summed E-state index contributed by atoms with van der Waals surface area (Å²) in [4.78, 5) is 14.7. The zero-order valence-corrected chi connectivity index (χ0v) is 12.1. The summed E-state index contributed by atoms with van der Waals surface area (Å²) < 4.78 is 0. The standard InChI is InChI=1S/C16H28N2O/c19-16(10-9-13-5-1-2-6-13)18-12-4-8-15(18)14-7-3-11-17-14/h13-15,17H,1-12H2. The predicted octanol–water partition coefficient (Wildman–Crippen LogP) is 2.70. The molecule has 2 aliphatic heterocycles. The van der Waals surface area contributed by atoms with E-state index in [0.717, 1.165) is 31.8 Å². The molecule has 3 rings (SSSR count). The lowest BCUT2D eigenvalue weighted by molar-refractivity contribution is -0.132. The largest absolute Gasteiger partial charge is 0.338 e. The quantitative estimate of drug-likeness (QED) is 0.846. The van der Waals surface area contributed by atoms with E-state index in [4.69, 9.17) is 0 Å². The van der Waals surface area contributed by atoms with Crippen LogP contribution in [0.15, 0.2) is 0 Å². The lowest BCUT2D eigenvalue weighted by Gasteiger charge is -2.30.